The Labute approximate surface area is 273 Å². The van der Waals surface area contributed by atoms with Crippen molar-refractivity contribution in [2.75, 3.05) is 0 Å². The summed E-state index contributed by atoms with van der Waals surface area (Å²) in [6.45, 7) is 11.6. The third-order valence-corrected chi connectivity index (χ3v) is 10.2. The van der Waals surface area contributed by atoms with E-state index in [9.17, 15) is 0 Å². The van der Waals surface area contributed by atoms with Crippen molar-refractivity contribution in [1.82, 2.24) is 0 Å². The van der Waals surface area contributed by atoms with E-state index in [1.807, 2.05) is 0 Å². The molecule has 0 nitrogen and oxygen atoms in total. The molecule has 0 spiro atoms. The Morgan fingerprint density at radius 1 is 0.878 bits per heavy atom. The van der Waals surface area contributed by atoms with Crippen LogP contribution in [0.5, 0.6) is 0 Å². The molecule has 0 bridgehead atoms. The van der Waals surface area contributed by atoms with Gasteiger partial charge in [0, 0.05) is 0 Å². The zero-order valence-electron chi connectivity index (χ0n) is 24.6. The van der Waals surface area contributed by atoms with E-state index in [0.717, 1.165) is 19.3 Å². The second kappa shape index (κ2) is 14.2. The topological polar surface area (TPSA) is 0 Å². The minimum absolute atomic E-state index is 0. The van der Waals surface area contributed by atoms with Crippen molar-refractivity contribution in [3.05, 3.63) is 152 Å². The molecule has 3 aliphatic carbocycles. The molecule has 41 heavy (non-hydrogen) atoms. The summed E-state index contributed by atoms with van der Waals surface area (Å²) >= 11 is 1.46. The first-order valence-corrected chi connectivity index (χ1v) is 15.4. The van der Waals surface area contributed by atoms with Crippen LogP contribution in [0.3, 0.4) is 0 Å². The Kier molecular flexibility index (Phi) is 11.5. The van der Waals surface area contributed by atoms with Crippen molar-refractivity contribution in [1.29, 1.82) is 0 Å². The van der Waals surface area contributed by atoms with Gasteiger partial charge in [-0.25, -0.2) is 0 Å². The average Bonchev–Trinajstić information content (AvgIpc) is 3.65. The fraction of sp³-hybridized carbons (Fsp3) is 0.237. The van der Waals surface area contributed by atoms with E-state index in [1.165, 1.54) is 88.0 Å². The van der Waals surface area contributed by atoms with Crippen molar-refractivity contribution in [2.45, 2.75) is 53.9 Å². The molecule has 0 saturated carbocycles. The fourth-order valence-electron chi connectivity index (χ4n) is 6.07. The van der Waals surface area contributed by atoms with Crippen molar-refractivity contribution in [2.24, 2.45) is 5.41 Å². The van der Waals surface area contributed by atoms with Gasteiger partial charge in [0.05, 0.1) is 0 Å². The van der Waals surface area contributed by atoms with E-state index >= 15 is 0 Å². The van der Waals surface area contributed by atoms with Crippen LogP contribution in [0.1, 0.15) is 64.2 Å². The molecule has 3 aromatic carbocycles. The molecule has 3 heteroatoms. The molecule has 3 aromatic rings. The molecule has 0 aliphatic heterocycles. The Morgan fingerprint density at radius 2 is 1.49 bits per heavy atom. The molecule has 0 saturated heterocycles. The van der Waals surface area contributed by atoms with Gasteiger partial charge in [0.2, 0.25) is 0 Å². The van der Waals surface area contributed by atoms with Crippen molar-refractivity contribution < 1.29 is 49.0 Å². The monoisotopic (exact) mass is 653 g/mol. The summed E-state index contributed by atoms with van der Waals surface area (Å²) in [5.41, 5.74) is 12.9. The van der Waals surface area contributed by atoms with Crippen LogP contribution < -0.4 is 35.3 Å². The van der Waals surface area contributed by atoms with Gasteiger partial charge in [0.1, 0.15) is 0 Å². The quantitative estimate of drug-likeness (QED) is 0.369. The van der Waals surface area contributed by atoms with Crippen LogP contribution in [0.25, 0.3) is 11.6 Å². The third kappa shape index (κ3) is 6.39. The van der Waals surface area contributed by atoms with E-state index in [4.69, 9.17) is 0 Å². The second-order valence-corrected chi connectivity index (χ2v) is 12.1. The number of benzene rings is 3. The average molecular weight is 656 g/mol. The molecular formula is C38H37Cl2Zr-. The predicted octanol–water partition coefficient (Wildman–Crippen LogP) is 1.83. The molecule has 0 N–H and O–H groups in total. The molecule has 0 heterocycles. The van der Waals surface area contributed by atoms with Crippen LogP contribution >= 0.6 is 0 Å². The minimum atomic E-state index is 0. The van der Waals surface area contributed by atoms with Gasteiger partial charge in [0.25, 0.3) is 0 Å². The molecule has 0 radical (unpaired) electrons. The number of allylic oxidation sites excluding steroid dienone is 8. The molecular weight excluding hydrogens is 619 g/mol. The molecule has 0 aromatic heterocycles. The van der Waals surface area contributed by atoms with Gasteiger partial charge in [-0.05, 0) is 38.5 Å². The summed E-state index contributed by atoms with van der Waals surface area (Å²) in [5, 5.41) is 2.65. The second-order valence-electron chi connectivity index (χ2n) is 10.9. The summed E-state index contributed by atoms with van der Waals surface area (Å²) < 4.78 is 1.42. The van der Waals surface area contributed by atoms with Crippen LogP contribution in [-0.4, -0.2) is 3.21 Å². The molecule has 3 aliphatic rings. The Morgan fingerprint density at radius 3 is 2.00 bits per heavy atom. The number of fused-ring (bicyclic) bond motifs is 2. The van der Waals surface area contributed by atoms with Crippen molar-refractivity contribution >= 4 is 14.9 Å². The normalized spacial score (nSPS) is 18.3. The number of hydrogen-bond donors (Lipinski definition) is 0. The summed E-state index contributed by atoms with van der Waals surface area (Å²) in [6.07, 6.45) is 13.9. The number of rotatable bonds is 5. The third-order valence-electron chi connectivity index (χ3n) is 8.76. The van der Waals surface area contributed by atoms with E-state index in [1.54, 1.807) is 0 Å². The zero-order chi connectivity index (χ0) is 27.6. The number of halogens is 2. The first-order chi connectivity index (χ1) is 18.9. The van der Waals surface area contributed by atoms with Crippen LogP contribution in [0.15, 0.2) is 125 Å². The summed E-state index contributed by atoms with van der Waals surface area (Å²) in [4.78, 5) is 0. The van der Waals surface area contributed by atoms with E-state index in [0.29, 0.717) is 0 Å². The Hall–Kier alpha value is -2.31. The Bertz CT molecular complexity index is 1630. The predicted molar refractivity (Wildman–Crippen MR) is 164 cm³/mol. The van der Waals surface area contributed by atoms with E-state index in [-0.39, 0.29) is 30.2 Å². The van der Waals surface area contributed by atoms with Crippen LogP contribution in [0.4, 0.5) is 0 Å². The fourth-order valence-corrected chi connectivity index (χ4v) is 6.89. The molecule has 208 valence electrons. The van der Waals surface area contributed by atoms with Crippen molar-refractivity contribution in [3.63, 3.8) is 0 Å². The van der Waals surface area contributed by atoms with E-state index in [2.05, 4.69) is 138 Å². The molecule has 1 atom stereocenters. The summed E-state index contributed by atoms with van der Waals surface area (Å²) in [5.74, 6) is 0. The maximum absolute atomic E-state index is 3.82. The van der Waals surface area contributed by atoms with Gasteiger partial charge >= 0.3 is 99.2 Å². The van der Waals surface area contributed by atoms with Gasteiger partial charge in [-0.15, -0.1) is 33.7 Å². The van der Waals surface area contributed by atoms with Gasteiger partial charge in [-0.2, -0.15) is 0 Å². The molecule has 6 rings (SSSR count). The van der Waals surface area contributed by atoms with Gasteiger partial charge in [0.15, 0.2) is 0 Å². The van der Waals surface area contributed by atoms with Crippen molar-refractivity contribution in [3.8, 4) is 0 Å². The number of hydrogen-bond acceptors (Lipinski definition) is 0. The van der Waals surface area contributed by atoms with Gasteiger partial charge in [-0.1, -0.05) is 79.0 Å². The zero-order valence-corrected chi connectivity index (χ0v) is 28.6. The van der Waals surface area contributed by atoms with E-state index < -0.39 is 0 Å². The summed E-state index contributed by atoms with van der Waals surface area (Å²) in [6, 6.07) is 28.0. The Balaban J connectivity index is 0.000000248. The van der Waals surface area contributed by atoms with Crippen LogP contribution in [0, 0.1) is 5.41 Å². The number of aryl methyl sites for hydroxylation is 1. The summed E-state index contributed by atoms with van der Waals surface area (Å²) in [7, 11) is 0. The first-order valence-electron chi connectivity index (χ1n) is 14.1. The SMILES string of the molecule is CCc1ccc2c(c1)=[C-]C1=C(C3=CC=CC3)C(C)(CC)C(C)=C(C)C=21.[Cl-].[Cl-].[Zr+2]=[C](c1ccccc1)c1ccccc1. The van der Waals surface area contributed by atoms with Crippen LogP contribution in [0.2, 0.25) is 0 Å². The molecule has 0 amide bonds. The standard InChI is InChI=1S/C25H27.C13H10.2ClH.Zr/c1-6-18-12-13-21-20(14-18)15-22-23(21)16(3)17(4)25(5,7-2)24(22)19-10-8-9-11-19;1-3-7-12(8-4-1)11-13-9-5-2-6-10-13;;;/h8-10,12-14H,6-7,11H2,1-5H3;1-10H;2*1H;/q-1;;;;+2/p-2. The maximum atomic E-state index is 3.82. The molecule has 0 fully saturated rings. The van der Waals surface area contributed by atoms with Gasteiger partial charge < -0.3 is 24.8 Å². The first kappa shape index (κ1) is 33.2. The van der Waals surface area contributed by atoms with Crippen LogP contribution in [-0.2, 0) is 30.7 Å². The van der Waals surface area contributed by atoms with Gasteiger partial charge in [-0.3, -0.25) is 0 Å². The molecule has 1 unspecified atom stereocenters.